The third-order valence-electron chi connectivity index (χ3n) is 2.19. The van der Waals surface area contributed by atoms with Crippen molar-refractivity contribution < 1.29 is 19.0 Å². The second kappa shape index (κ2) is 5.34. The van der Waals surface area contributed by atoms with E-state index in [2.05, 4.69) is 5.32 Å². The van der Waals surface area contributed by atoms with E-state index in [-0.39, 0.29) is 12.2 Å². The fraction of sp³-hybridized carbons (Fsp3) is 0.364. The van der Waals surface area contributed by atoms with Crippen LogP contribution in [0.5, 0.6) is 5.75 Å². The van der Waals surface area contributed by atoms with Gasteiger partial charge < -0.3 is 15.2 Å². The van der Waals surface area contributed by atoms with Crippen LogP contribution in [0.1, 0.15) is 6.92 Å². The van der Waals surface area contributed by atoms with Crippen molar-refractivity contribution in [2.75, 3.05) is 19.0 Å². The van der Waals surface area contributed by atoms with Gasteiger partial charge in [0.05, 0.1) is 18.7 Å². The van der Waals surface area contributed by atoms with E-state index in [0.29, 0.717) is 5.75 Å². The van der Waals surface area contributed by atoms with Gasteiger partial charge in [0.25, 0.3) is 0 Å². The average Bonchev–Trinajstić information content (AvgIpc) is 2.27. The first-order valence-electron chi connectivity index (χ1n) is 4.84. The van der Waals surface area contributed by atoms with Crippen LogP contribution in [-0.2, 0) is 4.79 Å². The molecule has 1 aromatic rings. The first kappa shape index (κ1) is 12.3. The highest BCUT2D eigenvalue weighted by atomic mass is 19.1. The first-order valence-corrected chi connectivity index (χ1v) is 4.84. The lowest BCUT2D eigenvalue weighted by Crippen LogP contribution is -2.20. The van der Waals surface area contributed by atoms with E-state index in [1.165, 1.54) is 25.3 Å². The zero-order valence-corrected chi connectivity index (χ0v) is 9.16. The highest BCUT2D eigenvalue weighted by Crippen LogP contribution is 2.21. The highest BCUT2D eigenvalue weighted by Gasteiger charge is 2.11. The summed E-state index contributed by atoms with van der Waals surface area (Å²) in [5.74, 6) is -1.41. The van der Waals surface area contributed by atoms with Gasteiger partial charge in [-0.05, 0) is 12.1 Å². The third-order valence-corrected chi connectivity index (χ3v) is 2.19. The summed E-state index contributed by atoms with van der Waals surface area (Å²) in [5.41, 5.74) is 0.243. The zero-order valence-electron chi connectivity index (χ0n) is 9.16. The van der Waals surface area contributed by atoms with Crippen molar-refractivity contribution in [3.63, 3.8) is 0 Å². The van der Waals surface area contributed by atoms with Gasteiger partial charge in [0, 0.05) is 12.6 Å². The van der Waals surface area contributed by atoms with Crippen molar-refractivity contribution in [3.8, 4) is 5.75 Å². The molecule has 1 atom stereocenters. The molecule has 5 heteroatoms. The molecule has 0 radical (unpaired) electrons. The summed E-state index contributed by atoms with van der Waals surface area (Å²) in [6.45, 7) is 1.72. The number of hydrogen-bond donors (Lipinski definition) is 2. The zero-order chi connectivity index (χ0) is 12.1. The van der Waals surface area contributed by atoms with Crippen molar-refractivity contribution in [1.29, 1.82) is 0 Å². The van der Waals surface area contributed by atoms with E-state index in [0.717, 1.165) is 0 Å². The molecule has 88 valence electrons. The maximum absolute atomic E-state index is 13.3. The van der Waals surface area contributed by atoms with E-state index >= 15 is 0 Å². The molecule has 0 fully saturated rings. The van der Waals surface area contributed by atoms with Crippen LogP contribution in [0, 0.1) is 11.7 Å². The number of anilines is 1. The molecule has 16 heavy (non-hydrogen) atoms. The molecule has 0 aliphatic carbocycles. The molecule has 1 aromatic carbocycles. The molecule has 1 rings (SSSR count). The number of carbonyl (C=O) groups is 1. The van der Waals surface area contributed by atoms with Gasteiger partial charge in [-0.25, -0.2) is 4.39 Å². The Kier molecular flexibility index (Phi) is 4.10. The Bertz CT molecular complexity index is 381. The van der Waals surface area contributed by atoms with Crippen molar-refractivity contribution in [1.82, 2.24) is 0 Å². The third kappa shape index (κ3) is 3.12. The molecule has 4 nitrogen and oxygen atoms in total. The van der Waals surface area contributed by atoms with Crippen LogP contribution in [0.4, 0.5) is 10.1 Å². The second-order valence-corrected chi connectivity index (χ2v) is 3.47. The van der Waals surface area contributed by atoms with E-state index < -0.39 is 17.7 Å². The van der Waals surface area contributed by atoms with Crippen molar-refractivity contribution >= 4 is 11.7 Å². The quantitative estimate of drug-likeness (QED) is 0.807. The van der Waals surface area contributed by atoms with Gasteiger partial charge in [-0.2, -0.15) is 0 Å². The number of carboxylic acids is 1. The lowest BCUT2D eigenvalue weighted by atomic mass is 10.2. The van der Waals surface area contributed by atoms with Crippen LogP contribution in [0.3, 0.4) is 0 Å². The standard InChI is InChI=1S/C11H14FNO3/c1-7(11(14)15)6-13-10-5-8(16-2)3-4-9(10)12/h3-5,7,13H,6H2,1-2H3,(H,14,15). The summed E-state index contributed by atoms with van der Waals surface area (Å²) in [5, 5.41) is 11.4. The van der Waals surface area contributed by atoms with Crippen molar-refractivity contribution in [2.24, 2.45) is 5.92 Å². The fourth-order valence-corrected chi connectivity index (χ4v) is 1.12. The molecular formula is C11H14FNO3. The van der Waals surface area contributed by atoms with Gasteiger partial charge in [-0.15, -0.1) is 0 Å². The topological polar surface area (TPSA) is 58.6 Å². The summed E-state index contributed by atoms with van der Waals surface area (Å²) in [7, 11) is 1.48. The normalized spacial score (nSPS) is 11.9. The van der Waals surface area contributed by atoms with Crippen LogP contribution in [0.15, 0.2) is 18.2 Å². The molecule has 0 aromatic heterocycles. The minimum Gasteiger partial charge on any atom is -0.497 e. The molecule has 0 aliphatic heterocycles. The maximum atomic E-state index is 13.3. The van der Waals surface area contributed by atoms with Gasteiger partial charge in [0.1, 0.15) is 11.6 Å². The molecule has 0 saturated carbocycles. The molecule has 1 unspecified atom stereocenters. The molecule has 0 bridgehead atoms. The molecule has 0 heterocycles. The van der Waals surface area contributed by atoms with E-state index in [1.54, 1.807) is 6.92 Å². The number of halogens is 1. The number of benzene rings is 1. The minimum atomic E-state index is -0.921. The van der Waals surface area contributed by atoms with Gasteiger partial charge in [0.2, 0.25) is 0 Å². The van der Waals surface area contributed by atoms with Crippen LogP contribution < -0.4 is 10.1 Å². The first-order chi connectivity index (χ1) is 7.54. The van der Waals surface area contributed by atoms with Gasteiger partial charge >= 0.3 is 5.97 Å². The molecule has 0 saturated heterocycles. The summed E-state index contributed by atoms with van der Waals surface area (Å²) in [6, 6.07) is 4.26. The molecule has 0 spiro atoms. The lowest BCUT2D eigenvalue weighted by Gasteiger charge is -2.11. The summed E-state index contributed by atoms with van der Waals surface area (Å²) in [6.07, 6.45) is 0. The number of ether oxygens (including phenoxy) is 1. The predicted octanol–water partition coefficient (Wildman–Crippen LogP) is 1.97. The van der Waals surface area contributed by atoms with Crippen molar-refractivity contribution in [3.05, 3.63) is 24.0 Å². The number of aliphatic carboxylic acids is 1. The molecule has 0 amide bonds. The Labute approximate surface area is 93.0 Å². The molecule has 0 aliphatic rings. The van der Waals surface area contributed by atoms with Gasteiger partial charge in [0.15, 0.2) is 0 Å². The SMILES string of the molecule is COc1ccc(F)c(NCC(C)C(=O)O)c1. The molecule has 2 N–H and O–H groups in total. The van der Waals surface area contributed by atoms with Crippen LogP contribution in [0.2, 0.25) is 0 Å². The number of carboxylic acid groups (broad SMARTS) is 1. The van der Waals surface area contributed by atoms with Crippen molar-refractivity contribution in [2.45, 2.75) is 6.92 Å². The number of hydrogen-bond acceptors (Lipinski definition) is 3. The maximum Gasteiger partial charge on any atom is 0.308 e. The predicted molar refractivity (Wildman–Crippen MR) is 58.2 cm³/mol. The Hall–Kier alpha value is -1.78. The smallest absolute Gasteiger partial charge is 0.308 e. The lowest BCUT2D eigenvalue weighted by molar-refractivity contribution is -0.140. The Morgan fingerprint density at radius 1 is 1.62 bits per heavy atom. The second-order valence-electron chi connectivity index (χ2n) is 3.47. The average molecular weight is 227 g/mol. The number of rotatable bonds is 5. The van der Waals surface area contributed by atoms with Gasteiger partial charge in [-0.3, -0.25) is 4.79 Å². The van der Waals surface area contributed by atoms with E-state index in [4.69, 9.17) is 9.84 Å². The van der Waals surface area contributed by atoms with Crippen LogP contribution >= 0.6 is 0 Å². The number of methoxy groups -OCH3 is 1. The van der Waals surface area contributed by atoms with E-state index in [1.807, 2.05) is 0 Å². The largest absolute Gasteiger partial charge is 0.497 e. The Balaban J connectivity index is 2.69. The summed E-state index contributed by atoms with van der Waals surface area (Å²) >= 11 is 0. The Morgan fingerprint density at radius 2 is 2.31 bits per heavy atom. The van der Waals surface area contributed by atoms with Crippen LogP contribution in [-0.4, -0.2) is 24.7 Å². The Morgan fingerprint density at radius 3 is 2.88 bits per heavy atom. The monoisotopic (exact) mass is 227 g/mol. The van der Waals surface area contributed by atoms with E-state index in [9.17, 15) is 9.18 Å². The fourth-order valence-electron chi connectivity index (χ4n) is 1.12. The van der Waals surface area contributed by atoms with Crippen LogP contribution in [0.25, 0.3) is 0 Å². The minimum absolute atomic E-state index is 0.166. The summed E-state index contributed by atoms with van der Waals surface area (Å²) < 4.78 is 18.2. The summed E-state index contributed by atoms with van der Waals surface area (Å²) in [4.78, 5) is 10.6. The number of nitrogens with one attached hydrogen (secondary N) is 1. The highest BCUT2D eigenvalue weighted by molar-refractivity contribution is 5.70. The van der Waals surface area contributed by atoms with Gasteiger partial charge in [-0.1, -0.05) is 6.92 Å². The molecular weight excluding hydrogens is 213 g/mol.